The number of nitrogens with zero attached hydrogens (tertiary/aromatic N) is 1. The normalized spacial score (nSPS) is 22.4. The summed E-state index contributed by atoms with van der Waals surface area (Å²) >= 11 is 0. The molecular weight excluding hydrogens is 433 g/mol. The van der Waals surface area contributed by atoms with E-state index in [-0.39, 0.29) is 42.0 Å². The Morgan fingerprint density at radius 2 is 1.97 bits per heavy atom. The van der Waals surface area contributed by atoms with Gasteiger partial charge in [0.1, 0.15) is 0 Å². The van der Waals surface area contributed by atoms with Crippen LogP contribution in [0.2, 0.25) is 0 Å². The first kappa shape index (κ1) is 24.0. The topological polar surface area (TPSA) is 75.7 Å². The van der Waals surface area contributed by atoms with Crippen molar-refractivity contribution < 1.29 is 31.1 Å². The first-order valence-electron chi connectivity index (χ1n) is 10.7. The van der Waals surface area contributed by atoms with Crippen LogP contribution in [0.15, 0.2) is 29.2 Å². The summed E-state index contributed by atoms with van der Waals surface area (Å²) in [6.45, 7) is 2.94. The molecule has 31 heavy (non-hydrogen) atoms. The van der Waals surface area contributed by atoms with Crippen LogP contribution >= 0.6 is 0 Å². The van der Waals surface area contributed by atoms with Crippen LogP contribution in [0, 0.1) is 5.92 Å². The van der Waals surface area contributed by atoms with Crippen molar-refractivity contribution in [2.45, 2.75) is 68.7 Å². The maximum absolute atomic E-state index is 12.9. The van der Waals surface area contributed by atoms with Gasteiger partial charge in [-0.15, -0.1) is 0 Å². The highest BCUT2D eigenvalue weighted by Gasteiger charge is 2.35. The van der Waals surface area contributed by atoms with E-state index in [1.807, 2.05) is 6.92 Å². The van der Waals surface area contributed by atoms with E-state index >= 15 is 0 Å². The van der Waals surface area contributed by atoms with Gasteiger partial charge in [-0.05, 0) is 63.6 Å². The first-order valence-corrected chi connectivity index (χ1v) is 12.1. The lowest BCUT2D eigenvalue weighted by Gasteiger charge is -2.31. The fourth-order valence-electron chi connectivity index (χ4n) is 4.08. The number of carbonyl (C=O) groups is 1. The molecule has 2 fully saturated rings. The maximum Gasteiger partial charge on any atom is 0.416 e. The van der Waals surface area contributed by atoms with Crippen LogP contribution in [-0.2, 0) is 25.7 Å². The molecule has 1 amide bonds. The highest BCUT2D eigenvalue weighted by atomic mass is 32.2. The Labute approximate surface area is 181 Å². The molecule has 2 heterocycles. The second-order valence-corrected chi connectivity index (χ2v) is 10.3. The predicted octanol–water partition coefficient (Wildman–Crippen LogP) is 3.57. The largest absolute Gasteiger partial charge is 0.416 e. The molecule has 2 unspecified atom stereocenters. The standard InChI is InChI=1S/C21H29F3N2O4S/c1-15(7-8-18-5-3-13-30-18)25-20(27)16-9-11-26(12-10-16)31(28,29)19-6-2-4-17(14-19)21(22,23)24/h2,4,6,14-16,18H,3,5,7-13H2,1H3,(H,25,27). The lowest BCUT2D eigenvalue weighted by molar-refractivity contribution is -0.137. The van der Waals surface area contributed by atoms with Gasteiger partial charge in [0.05, 0.1) is 16.6 Å². The average molecular weight is 463 g/mol. The number of hydrogen-bond acceptors (Lipinski definition) is 4. The van der Waals surface area contributed by atoms with Crippen LogP contribution in [0.1, 0.15) is 51.0 Å². The van der Waals surface area contributed by atoms with E-state index in [9.17, 15) is 26.4 Å². The predicted molar refractivity (Wildman–Crippen MR) is 109 cm³/mol. The molecule has 0 radical (unpaired) electrons. The number of piperidine rings is 1. The molecular formula is C21H29F3N2O4S. The minimum Gasteiger partial charge on any atom is -0.378 e. The summed E-state index contributed by atoms with van der Waals surface area (Å²) < 4.78 is 71.1. The van der Waals surface area contributed by atoms with Crippen LogP contribution in [0.3, 0.4) is 0 Å². The zero-order chi connectivity index (χ0) is 22.6. The number of carbonyl (C=O) groups excluding carboxylic acids is 1. The number of hydrogen-bond donors (Lipinski definition) is 1. The highest BCUT2D eigenvalue weighted by Crippen LogP contribution is 2.32. The Morgan fingerprint density at radius 3 is 2.58 bits per heavy atom. The Hall–Kier alpha value is -1.65. The fraction of sp³-hybridized carbons (Fsp3) is 0.667. The maximum atomic E-state index is 12.9. The van der Waals surface area contributed by atoms with Crippen molar-refractivity contribution in [2.24, 2.45) is 5.92 Å². The van der Waals surface area contributed by atoms with Crippen LogP contribution < -0.4 is 5.32 Å². The van der Waals surface area contributed by atoms with Crippen LogP contribution in [-0.4, -0.2) is 50.5 Å². The molecule has 1 N–H and O–H groups in total. The van der Waals surface area contributed by atoms with Crippen molar-refractivity contribution in [3.05, 3.63) is 29.8 Å². The molecule has 0 saturated carbocycles. The third-order valence-corrected chi connectivity index (χ3v) is 7.85. The summed E-state index contributed by atoms with van der Waals surface area (Å²) in [6.07, 6.45) is 0.173. The zero-order valence-corrected chi connectivity index (χ0v) is 18.3. The monoisotopic (exact) mass is 462 g/mol. The molecule has 0 aromatic heterocycles. The quantitative estimate of drug-likeness (QED) is 0.672. The number of ether oxygens (including phenoxy) is 1. The number of nitrogens with one attached hydrogen (secondary N) is 1. The van der Waals surface area contributed by atoms with Crippen molar-refractivity contribution in [2.75, 3.05) is 19.7 Å². The lowest BCUT2D eigenvalue weighted by atomic mass is 9.96. The molecule has 174 valence electrons. The Kier molecular flexibility index (Phi) is 7.64. The second-order valence-electron chi connectivity index (χ2n) is 8.33. The summed E-state index contributed by atoms with van der Waals surface area (Å²) in [5, 5.41) is 3.00. The van der Waals surface area contributed by atoms with Crippen molar-refractivity contribution in [1.82, 2.24) is 9.62 Å². The zero-order valence-electron chi connectivity index (χ0n) is 17.5. The molecule has 0 bridgehead atoms. The fourth-order valence-corrected chi connectivity index (χ4v) is 5.60. The Morgan fingerprint density at radius 1 is 1.26 bits per heavy atom. The van der Waals surface area contributed by atoms with E-state index in [1.54, 1.807) is 0 Å². The molecule has 1 aromatic rings. The van der Waals surface area contributed by atoms with Crippen LogP contribution in [0.5, 0.6) is 0 Å². The van der Waals surface area contributed by atoms with Gasteiger partial charge in [0, 0.05) is 31.7 Å². The van der Waals surface area contributed by atoms with Crippen molar-refractivity contribution in [1.29, 1.82) is 0 Å². The van der Waals surface area contributed by atoms with Gasteiger partial charge < -0.3 is 10.1 Å². The number of sulfonamides is 1. The lowest BCUT2D eigenvalue weighted by Crippen LogP contribution is -2.44. The number of amides is 1. The number of benzene rings is 1. The van der Waals surface area contributed by atoms with Gasteiger partial charge in [0.15, 0.2) is 0 Å². The van der Waals surface area contributed by atoms with E-state index in [4.69, 9.17) is 4.74 Å². The van der Waals surface area contributed by atoms with Crippen LogP contribution in [0.4, 0.5) is 13.2 Å². The molecule has 3 rings (SSSR count). The molecule has 2 aliphatic heterocycles. The summed E-state index contributed by atoms with van der Waals surface area (Å²) in [7, 11) is -4.05. The summed E-state index contributed by atoms with van der Waals surface area (Å²) in [5.74, 6) is -0.408. The minimum atomic E-state index is -4.61. The molecule has 2 saturated heterocycles. The van der Waals surface area contributed by atoms with Gasteiger partial charge in [0.25, 0.3) is 0 Å². The first-order chi connectivity index (χ1) is 14.6. The molecule has 1 aromatic carbocycles. The van der Waals surface area contributed by atoms with Crippen LogP contribution in [0.25, 0.3) is 0 Å². The molecule has 0 spiro atoms. The Bertz CT molecular complexity index is 862. The molecule has 10 heteroatoms. The molecule has 6 nitrogen and oxygen atoms in total. The SMILES string of the molecule is CC(CCC1CCCO1)NC(=O)C1CCN(S(=O)(=O)c2cccc(C(F)(F)F)c2)CC1. The summed E-state index contributed by atoms with van der Waals surface area (Å²) in [5.41, 5.74) is -1.00. The van der Waals surface area contributed by atoms with E-state index in [0.29, 0.717) is 18.9 Å². The van der Waals surface area contributed by atoms with Crippen molar-refractivity contribution in [3.8, 4) is 0 Å². The van der Waals surface area contributed by atoms with Crippen molar-refractivity contribution >= 4 is 15.9 Å². The summed E-state index contributed by atoms with van der Waals surface area (Å²) in [6, 6.07) is 3.76. The Balaban J connectivity index is 1.52. The van der Waals surface area contributed by atoms with Gasteiger partial charge in [-0.25, -0.2) is 8.42 Å². The highest BCUT2D eigenvalue weighted by molar-refractivity contribution is 7.89. The van der Waals surface area contributed by atoms with Gasteiger partial charge >= 0.3 is 6.18 Å². The smallest absolute Gasteiger partial charge is 0.378 e. The van der Waals surface area contributed by atoms with Gasteiger partial charge in [-0.3, -0.25) is 4.79 Å². The van der Waals surface area contributed by atoms with Gasteiger partial charge in [-0.1, -0.05) is 6.07 Å². The molecule has 2 atom stereocenters. The summed E-state index contributed by atoms with van der Waals surface area (Å²) in [4.78, 5) is 12.2. The van der Waals surface area contributed by atoms with E-state index in [1.165, 1.54) is 6.07 Å². The van der Waals surface area contributed by atoms with Crippen molar-refractivity contribution in [3.63, 3.8) is 0 Å². The van der Waals surface area contributed by atoms with E-state index in [2.05, 4.69) is 5.32 Å². The second kappa shape index (κ2) is 9.87. The molecule has 2 aliphatic rings. The van der Waals surface area contributed by atoms with Gasteiger partial charge in [0.2, 0.25) is 15.9 Å². The molecule has 0 aliphatic carbocycles. The number of rotatable bonds is 7. The van der Waals surface area contributed by atoms with E-state index in [0.717, 1.165) is 48.7 Å². The number of halogens is 3. The average Bonchev–Trinajstić information content (AvgIpc) is 3.25. The van der Waals surface area contributed by atoms with E-state index < -0.39 is 21.8 Å². The number of alkyl halides is 3. The third kappa shape index (κ3) is 6.20. The third-order valence-electron chi connectivity index (χ3n) is 5.96. The van der Waals surface area contributed by atoms with Gasteiger partial charge in [-0.2, -0.15) is 17.5 Å². The minimum absolute atomic E-state index is 0.00331.